The Morgan fingerprint density at radius 1 is 1.35 bits per heavy atom. The van der Waals surface area contributed by atoms with Crippen LogP contribution in [0.4, 0.5) is 0 Å². The van der Waals surface area contributed by atoms with E-state index in [1.165, 1.54) is 5.56 Å². The monoisotopic (exact) mass is 275 g/mol. The van der Waals surface area contributed by atoms with Gasteiger partial charge in [0.05, 0.1) is 6.61 Å². The topological polar surface area (TPSA) is 12.5 Å². The zero-order chi connectivity index (χ0) is 15.4. The second kappa shape index (κ2) is 11.3. The first kappa shape index (κ1) is 18.5. The first-order valence-electron chi connectivity index (χ1n) is 7.14. The maximum absolute atomic E-state index is 5.61. The second-order valence-electron chi connectivity index (χ2n) is 5.04. The van der Waals surface area contributed by atoms with Crippen LogP contribution in [0.5, 0.6) is 5.75 Å². The van der Waals surface area contributed by atoms with E-state index in [4.69, 9.17) is 4.74 Å². The minimum atomic E-state index is 0.793. The van der Waals surface area contributed by atoms with Crippen molar-refractivity contribution in [1.82, 2.24) is 4.90 Å². The van der Waals surface area contributed by atoms with Gasteiger partial charge in [-0.05, 0) is 51.6 Å². The molecule has 0 radical (unpaired) electrons. The van der Waals surface area contributed by atoms with Gasteiger partial charge in [0.25, 0.3) is 0 Å². The molecule has 0 spiro atoms. The van der Waals surface area contributed by atoms with Gasteiger partial charge in [0, 0.05) is 6.54 Å². The molecule has 0 aliphatic heterocycles. The summed E-state index contributed by atoms with van der Waals surface area (Å²) in [6.45, 7) is 13.2. The van der Waals surface area contributed by atoms with Crippen LogP contribution in [-0.2, 0) is 0 Å². The van der Waals surface area contributed by atoms with E-state index in [9.17, 15) is 0 Å². The fourth-order valence-electron chi connectivity index (χ4n) is 1.42. The Labute approximate surface area is 124 Å². The van der Waals surface area contributed by atoms with Crippen LogP contribution in [0.3, 0.4) is 0 Å². The van der Waals surface area contributed by atoms with E-state index in [1.54, 1.807) is 6.08 Å². The van der Waals surface area contributed by atoms with E-state index in [-0.39, 0.29) is 0 Å². The highest BCUT2D eigenvalue weighted by Crippen LogP contribution is 2.12. The molecule has 0 atom stereocenters. The van der Waals surface area contributed by atoms with Crippen molar-refractivity contribution in [3.63, 3.8) is 0 Å². The van der Waals surface area contributed by atoms with Gasteiger partial charge in [-0.2, -0.15) is 0 Å². The fraction of sp³-hybridized carbons (Fsp3) is 0.444. The molecule has 1 aromatic rings. The Morgan fingerprint density at radius 2 is 2.05 bits per heavy atom. The predicted molar refractivity (Wildman–Crippen MR) is 89.5 cm³/mol. The van der Waals surface area contributed by atoms with E-state index < -0.39 is 0 Å². The maximum atomic E-state index is 5.61. The Bertz CT molecular complexity index is 396. The molecule has 0 amide bonds. The van der Waals surface area contributed by atoms with E-state index in [1.807, 2.05) is 12.1 Å². The van der Waals surface area contributed by atoms with Crippen molar-refractivity contribution >= 4 is 0 Å². The molecule has 0 bridgehead atoms. The Morgan fingerprint density at radius 3 is 2.50 bits per heavy atom. The molecule has 1 aromatic carbocycles. The van der Waals surface area contributed by atoms with Crippen molar-refractivity contribution in [3.05, 3.63) is 54.6 Å². The van der Waals surface area contributed by atoms with Crippen LogP contribution < -0.4 is 4.74 Å². The lowest BCUT2D eigenvalue weighted by Crippen LogP contribution is -2.15. The third-order valence-corrected chi connectivity index (χ3v) is 2.75. The number of allylic oxidation sites excluding steroid dienone is 2. The van der Waals surface area contributed by atoms with Crippen molar-refractivity contribution in [2.24, 2.45) is 0 Å². The molecule has 0 unspecified atom stereocenters. The number of ether oxygens (including phenoxy) is 1. The van der Waals surface area contributed by atoms with E-state index in [0.717, 1.165) is 37.3 Å². The maximum Gasteiger partial charge on any atom is 0.119 e. The molecule has 1 rings (SSSR count). The Hall–Kier alpha value is -1.54. The van der Waals surface area contributed by atoms with Crippen molar-refractivity contribution in [3.8, 4) is 5.75 Å². The number of rotatable bonds is 7. The zero-order valence-electron chi connectivity index (χ0n) is 13.5. The first-order chi connectivity index (χ1) is 9.49. The lowest BCUT2D eigenvalue weighted by molar-refractivity contribution is 0.281. The van der Waals surface area contributed by atoms with Crippen molar-refractivity contribution in [2.75, 3.05) is 27.2 Å². The summed E-state index contributed by atoms with van der Waals surface area (Å²) in [7, 11) is 4.15. The number of hydrogen-bond donors (Lipinski definition) is 0. The molecule has 0 fully saturated rings. The van der Waals surface area contributed by atoms with Gasteiger partial charge >= 0.3 is 0 Å². The Balaban J connectivity index is 0.000000511. The van der Waals surface area contributed by atoms with Gasteiger partial charge in [0.15, 0.2) is 0 Å². The van der Waals surface area contributed by atoms with E-state index in [2.05, 4.69) is 58.1 Å². The summed E-state index contributed by atoms with van der Waals surface area (Å²) in [6.07, 6.45) is 3.87. The molecule has 2 heteroatoms. The van der Waals surface area contributed by atoms with Crippen LogP contribution in [0.1, 0.15) is 25.3 Å². The summed E-state index contributed by atoms with van der Waals surface area (Å²) in [4.78, 5) is 2.17. The molecule has 2 nitrogen and oxygen atoms in total. The van der Waals surface area contributed by atoms with Crippen LogP contribution in [0, 0.1) is 6.92 Å². The SMILES string of the molecule is C=CC(=C)CC.Cc1cccc(OCCCN(C)C)c1. The van der Waals surface area contributed by atoms with Gasteiger partial charge in [0.2, 0.25) is 0 Å². The van der Waals surface area contributed by atoms with Gasteiger partial charge < -0.3 is 9.64 Å². The lowest BCUT2D eigenvalue weighted by atomic mass is 10.2. The standard InChI is InChI=1S/C12H19NO.C6H10/c1-11-6-4-7-12(10-11)14-9-5-8-13(2)3;1-4-6(3)5-2/h4,6-7,10H,5,8-9H2,1-3H3;4H,1,3,5H2,2H3. The minimum Gasteiger partial charge on any atom is -0.494 e. The third-order valence-electron chi connectivity index (χ3n) is 2.75. The molecule has 0 N–H and O–H groups in total. The first-order valence-corrected chi connectivity index (χ1v) is 7.14. The van der Waals surface area contributed by atoms with Gasteiger partial charge in [-0.15, -0.1) is 0 Å². The molecule has 20 heavy (non-hydrogen) atoms. The summed E-state index contributed by atoms with van der Waals surface area (Å²) in [5.74, 6) is 0.976. The second-order valence-corrected chi connectivity index (χ2v) is 5.04. The van der Waals surface area contributed by atoms with Crippen LogP contribution >= 0.6 is 0 Å². The Kier molecular flexibility index (Phi) is 10.4. The van der Waals surface area contributed by atoms with Gasteiger partial charge in [-0.25, -0.2) is 0 Å². The van der Waals surface area contributed by atoms with Crippen LogP contribution in [0.25, 0.3) is 0 Å². The minimum absolute atomic E-state index is 0.793. The summed E-state index contributed by atoms with van der Waals surface area (Å²) < 4.78 is 5.61. The summed E-state index contributed by atoms with van der Waals surface area (Å²) in [6, 6.07) is 8.17. The van der Waals surface area contributed by atoms with Crippen LogP contribution in [0.2, 0.25) is 0 Å². The lowest BCUT2D eigenvalue weighted by Gasteiger charge is -2.10. The van der Waals surface area contributed by atoms with Gasteiger partial charge in [-0.3, -0.25) is 0 Å². The summed E-state index contributed by atoms with van der Waals surface area (Å²) in [5.41, 5.74) is 2.35. The molecular formula is C18H29NO. The smallest absolute Gasteiger partial charge is 0.119 e. The normalized spacial score (nSPS) is 9.65. The van der Waals surface area contributed by atoms with Crippen molar-refractivity contribution in [1.29, 1.82) is 0 Å². The average molecular weight is 275 g/mol. The predicted octanol–water partition coefficient (Wildman–Crippen LogP) is 4.46. The molecule has 112 valence electrons. The number of hydrogen-bond acceptors (Lipinski definition) is 2. The molecule has 0 heterocycles. The molecule has 0 aliphatic rings. The third kappa shape index (κ3) is 10.4. The number of benzene rings is 1. The van der Waals surface area contributed by atoms with Gasteiger partial charge in [0.1, 0.15) is 5.75 Å². The summed E-state index contributed by atoms with van der Waals surface area (Å²) >= 11 is 0. The number of nitrogens with zero attached hydrogens (tertiary/aromatic N) is 1. The van der Waals surface area contributed by atoms with E-state index in [0.29, 0.717) is 0 Å². The van der Waals surface area contributed by atoms with Crippen LogP contribution in [-0.4, -0.2) is 32.1 Å². The zero-order valence-corrected chi connectivity index (χ0v) is 13.5. The van der Waals surface area contributed by atoms with Crippen molar-refractivity contribution in [2.45, 2.75) is 26.7 Å². The molecule has 0 saturated carbocycles. The van der Waals surface area contributed by atoms with Gasteiger partial charge in [-0.1, -0.05) is 43.9 Å². The molecule has 0 aromatic heterocycles. The highest BCUT2D eigenvalue weighted by atomic mass is 16.5. The van der Waals surface area contributed by atoms with Crippen LogP contribution in [0.15, 0.2) is 49.1 Å². The fourth-order valence-corrected chi connectivity index (χ4v) is 1.42. The quantitative estimate of drug-likeness (QED) is 0.538. The molecular weight excluding hydrogens is 246 g/mol. The largest absolute Gasteiger partial charge is 0.494 e. The van der Waals surface area contributed by atoms with E-state index >= 15 is 0 Å². The molecule has 0 saturated heterocycles. The molecule has 0 aliphatic carbocycles. The summed E-state index contributed by atoms with van der Waals surface area (Å²) in [5, 5.41) is 0. The highest BCUT2D eigenvalue weighted by molar-refractivity contribution is 5.27. The average Bonchev–Trinajstić information content (AvgIpc) is 2.43. The van der Waals surface area contributed by atoms with Crippen molar-refractivity contribution < 1.29 is 4.74 Å². The highest BCUT2D eigenvalue weighted by Gasteiger charge is 1.94. The number of aryl methyl sites for hydroxylation is 1.